The van der Waals surface area contributed by atoms with Crippen molar-refractivity contribution < 1.29 is 4.74 Å². The van der Waals surface area contributed by atoms with Crippen LogP contribution in [0.1, 0.15) is 19.5 Å². The van der Waals surface area contributed by atoms with Crippen LogP contribution in [-0.2, 0) is 4.74 Å². The summed E-state index contributed by atoms with van der Waals surface area (Å²) in [4.78, 5) is 7.92. The topological polar surface area (TPSA) is 70.8 Å². The molecule has 0 aliphatic rings. The zero-order chi connectivity index (χ0) is 11.1. The summed E-state index contributed by atoms with van der Waals surface area (Å²) in [6.45, 7) is 5.31. The second-order valence-corrected chi connectivity index (χ2v) is 3.05. The highest BCUT2D eigenvalue weighted by atomic mass is 16.5. The summed E-state index contributed by atoms with van der Waals surface area (Å²) < 4.78 is 5.35. The molecular weight excluding hydrogens is 192 g/mol. The van der Waals surface area contributed by atoms with Crippen LogP contribution in [0.2, 0.25) is 0 Å². The fourth-order valence-corrected chi connectivity index (χ4v) is 1.07. The summed E-state index contributed by atoms with van der Waals surface area (Å²) in [5.41, 5.74) is 0.318. The van der Waals surface area contributed by atoms with Gasteiger partial charge in [-0.25, -0.2) is 9.97 Å². The summed E-state index contributed by atoms with van der Waals surface area (Å²) in [7, 11) is 0. The van der Waals surface area contributed by atoms with Gasteiger partial charge in [-0.05, 0) is 13.8 Å². The molecule has 1 atom stereocenters. The van der Waals surface area contributed by atoms with Crippen molar-refractivity contribution in [2.24, 2.45) is 0 Å². The van der Waals surface area contributed by atoms with E-state index in [9.17, 15) is 0 Å². The lowest BCUT2D eigenvalue weighted by molar-refractivity contribution is 0.0855. The molecule has 5 heteroatoms. The first-order valence-corrected chi connectivity index (χ1v) is 4.84. The quantitative estimate of drug-likeness (QED) is 0.783. The van der Waals surface area contributed by atoms with E-state index in [4.69, 9.17) is 10.00 Å². The minimum absolute atomic E-state index is 0.132. The number of ether oxygens (including phenoxy) is 1. The van der Waals surface area contributed by atoms with Gasteiger partial charge in [-0.15, -0.1) is 0 Å². The van der Waals surface area contributed by atoms with Crippen LogP contribution >= 0.6 is 0 Å². The number of anilines is 1. The predicted octanol–water partition coefficient (Wildman–Crippen LogP) is 1.19. The molecule has 1 N–H and O–H groups in total. The lowest BCUT2D eigenvalue weighted by Crippen LogP contribution is -2.20. The summed E-state index contributed by atoms with van der Waals surface area (Å²) in [5.74, 6) is 0.653. The first-order chi connectivity index (χ1) is 7.26. The molecule has 0 spiro atoms. The van der Waals surface area contributed by atoms with E-state index in [1.807, 2.05) is 19.9 Å². The fourth-order valence-electron chi connectivity index (χ4n) is 1.07. The van der Waals surface area contributed by atoms with Gasteiger partial charge in [0.05, 0.1) is 18.5 Å². The minimum atomic E-state index is 0.132. The Labute approximate surface area is 89.1 Å². The van der Waals surface area contributed by atoms with Gasteiger partial charge in [0.1, 0.15) is 11.9 Å². The second-order valence-electron chi connectivity index (χ2n) is 3.05. The molecule has 0 aromatic carbocycles. The number of nitrogens with one attached hydrogen (secondary N) is 1. The van der Waals surface area contributed by atoms with Gasteiger partial charge >= 0.3 is 0 Å². The Morgan fingerprint density at radius 2 is 2.33 bits per heavy atom. The smallest absolute Gasteiger partial charge is 0.158 e. The van der Waals surface area contributed by atoms with E-state index in [1.165, 1.54) is 12.4 Å². The molecule has 80 valence electrons. The molecule has 0 saturated carbocycles. The van der Waals surface area contributed by atoms with Crippen LogP contribution in [0.25, 0.3) is 0 Å². The third-order valence-electron chi connectivity index (χ3n) is 1.79. The van der Waals surface area contributed by atoms with Gasteiger partial charge in [0, 0.05) is 13.2 Å². The SMILES string of the molecule is CCOC(C)CNc1cnc(C#N)cn1. The number of rotatable bonds is 5. The molecule has 0 amide bonds. The van der Waals surface area contributed by atoms with Crippen molar-refractivity contribution in [1.29, 1.82) is 5.26 Å². The Kier molecular flexibility index (Phi) is 4.51. The monoisotopic (exact) mass is 206 g/mol. The second kappa shape index (κ2) is 5.94. The third kappa shape index (κ3) is 3.92. The average Bonchev–Trinajstić information content (AvgIpc) is 2.27. The summed E-state index contributed by atoms with van der Waals surface area (Å²) in [5, 5.41) is 11.6. The Balaban J connectivity index is 2.41. The number of nitrogens with zero attached hydrogens (tertiary/aromatic N) is 3. The van der Waals surface area contributed by atoms with Gasteiger partial charge in [0.15, 0.2) is 5.69 Å². The Bertz CT molecular complexity index is 330. The molecule has 0 radical (unpaired) electrons. The van der Waals surface area contributed by atoms with Crippen molar-refractivity contribution in [2.45, 2.75) is 20.0 Å². The molecule has 0 bridgehead atoms. The zero-order valence-corrected chi connectivity index (χ0v) is 8.90. The standard InChI is InChI=1S/C10H14N4O/c1-3-15-8(2)5-13-10-7-12-9(4-11)6-14-10/h6-8H,3,5H2,1-2H3,(H,13,14). The van der Waals surface area contributed by atoms with Crippen LogP contribution in [0.5, 0.6) is 0 Å². The van der Waals surface area contributed by atoms with E-state index >= 15 is 0 Å². The van der Waals surface area contributed by atoms with Crippen LogP contribution in [0.4, 0.5) is 5.82 Å². The van der Waals surface area contributed by atoms with E-state index in [1.54, 1.807) is 0 Å². The highest BCUT2D eigenvalue weighted by molar-refractivity contribution is 5.33. The van der Waals surface area contributed by atoms with Crippen LogP contribution in [0.3, 0.4) is 0 Å². The molecular formula is C10H14N4O. The third-order valence-corrected chi connectivity index (χ3v) is 1.79. The Hall–Kier alpha value is -1.67. The lowest BCUT2D eigenvalue weighted by Gasteiger charge is -2.12. The van der Waals surface area contributed by atoms with Gasteiger partial charge in [0.2, 0.25) is 0 Å². The van der Waals surface area contributed by atoms with Crippen molar-refractivity contribution in [3.05, 3.63) is 18.1 Å². The van der Waals surface area contributed by atoms with Crippen molar-refractivity contribution in [2.75, 3.05) is 18.5 Å². The van der Waals surface area contributed by atoms with Gasteiger partial charge in [-0.3, -0.25) is 0 Å². The van der Waals surface area contributed by atoms with E-state index in [0.717, 1.165) is 0 Å². The molecule has 1 aromatic heterocycles. The van der Waals surface area contributed by atoms with Gasteiger partial charge in [-0.1, -0.05) is 0 Å². The number of aromatic nitrogens is 2. The molecule has 1 rings (SSSR count). The van der Waals surface area contributed by atoms with Crippen LogP contribution < -0.4 is 5.32 Å². The Morgan fingerprint density at radius 1 is 1.53 bits per heavy atom. The maximum absolute atomic E-state index is 8.52. The molecule has 15 heavy (non-hydrogen) atoms. The van der Waals surface area contributed by atoms with Gasteiger partial charge in [0.25, 0.3) is 0 Å². The van der Waals surface area contributed by atoms with Crippen molar-refractivity contribution in [1.82, 2.24) is 9.97 Å². The van der Waals surface area contributed by atoms with Crippen LogP contribution in [0.15, 0.2) is 12.4 Å². The highest BCUT2D eigenvalue weighted by Crippen LogP contribution is 2.01. The molecule has 0 aliphatic carbocycles. The molecule has 5 nitrogen and oxygen atoms in total. The van der Waals surface area contributed by atoms with E-state index in [2.05, 4.69) is 15.3 Å². The maximum Gasteiger partial charge on any atom is 0.158 e. The predicted molar refractivity (Wildman–Crippen MR) is 56.3 cm³/mol. The molecule has 1 heterocycles. The van der Waals surface area contributed by atoms with Crippen molar-refractivity contribution >= 4 is 5.82 Å². The molecule has 0 aliphatic heterocycles. The number of hydrogen-bond acceptors (Lipinski definition) is 5. The summed E-state index contributed by atoms with van der Waals surface area (Å²) in [6.07, 6.45) is 3.11. The first kappa shape index (κ1) is 11.4. The molecule has 1 aromatic rings. The molecule has 0 fully saturated rings. The summed E-state index contributed by atoms with van der Waals surface area (Å²) in [6, 6.07) is 1.91. The van der Waals surface area contributed by atoms with Crippen LogP contribution in [0, 0.1) is 11.3 Å². The van der Waals surface area contributed by atoms with Crippen molar-refractivity contribution in [3.8, 4) is 6.07 Å². The average molecular weight is 206 g/mol. The number of hydrogen-bond donors (Lipinski definition) is 1. The first-order valence-electron chi connectivity index (χ1n) is 4.84. The Morgan fingerprint density at radius 3 is 2.87 bits per heavy atom. The molecule has 0 saturated heterocycles. The van der Waals surface area contributed by atoms with Gasteiger partial charge in [-0.2, -0.15) is 5.26 Å². The van der Waals surface area contributed by atoms with Crippen molar-refractivity contribution in [3.63, 3.8) is 0 Å². The largest absolute Gasteiger partial charge is 0.377 e. The fraction of sp³-hybridized carbons (Fsp3) is 0.500. The molecule has 1 unspecified atom stereocenters. The van der Waals surface area contributed by atoms with Crippen LogP contribution in [-0.4, -0.2) is 29.2 Å². The number of nitriles is 1. The van der Waals surface area contributed by atoms with E-state index < -0.39 is 0 Å². The zero-order valence-electron chi connectivity index (χ0n) is 8.90. The van der Waals surface area contributed by atoms with E-state index in [-0.39, 0.29) is 6.10 Å². The minimum Gasteiger partial charge on any atom is -0.377 e. The maximum atomic E-state index is 8.52. The lowest BCUT2D eigenvalue weighted by atomic mass is 10.4. The normalized spacial score (nSPS) is 11.8. The van der Waals surface area contributed by atoms with Gasteiger partial charge < -0.3 is 10.1 Å². The summed E-state index contributed by atoms with van der Waals surface area (Å²) >= 11 is 0. The van der Waals surface area contributed by atoms with E-state index in [0.29, 0.717) is 24.7 Å². The highest BCUT2D eigenvalue weighted by Gasteiger charge is 2.01.